The second-order valence-corrected chi connectivity index (χ2v) is 5.42. The van der Waals surface area contributed by atoms with Crippen LogP contribution in [0.5, 0.6) is 0 Å². The summed E-state index contributed by atoms with van der Waals surface area (Å²) in [5, 5.41) is 3.44. The summed E-state index contributed by atoms with van der Waals surface area (Å²) in [5.41, 5.74) is 1.82. The van der Waals surface area contributed by atoms with E-state index >= 15 is 0 Å². The zero-order valence-corrected chi connectivity index (χ0v) is 11.4. The fraction of sp³-hybridized carbons (Fsp3) is 0.500. The zero-order valence-electron chi connectivity index (χ0n) is 11.4. The van der Waals surface area contributed by atoms with E-state index in [1.165, 1.54) is 19.3 Å². The summed E-state index contributed by atoms with van der Waals surface area (Å²) in [6.45, 7) is 0.929. The van der Waals surface area contributed by atoms with Gasteiger partial charge in [-0.05, 0) is 45.5 Å². The van der Waals surface area contributed by atoms with E-state index in [1.54, 1.807) is 12.4 Å². The third-order valence-corrected chi connectivity index (χ3v) is 4.16. The lowest BCUT2D eigenvalue weighted by Gasteiger charge is -2.47. The molecule has 0 aromatic carbocycles. The normalized spacial score (nSPS) is 17.4. The van der Waals surface area contributed by atoms with Crippen molar-refractivity contribution in [1.29, 1.82) is 0 Å². The Morgan fingerprint density at radius 2 is 2.00 bits per heavy atom. The average Bonchev–Trinajstić information content (AvgIpc) is 2.37. The van der Waals surface area contributed by atoms with Crippen molar-refractivity contribution in [3.05, 3.63) is 24.5 Å². The van der Waals surface area contributed by atoms with E-state index in [0.717, 1.165) is 17.9 Å². The first-order valence-electron chi connectivity index (χ1n) is 6.69. The molecule has 0 saturated heterocycles. The Hall–Kier alpha value is -1.75. The summed E-state index contributed by atoms with van der Waals surface area (Å²) in [4.78, 5) is 15.3. The number of hydrogen-bond donors (Lipinski definition) is 1. The standard InChI is InChI=1S/C14H19N5/c1-19(2)14(6-3-7-14)10-17-12-5-4-11-13(18-12)16-9-8-15-11/h4-5,8-9H,3,6-7,10H2,1-2H3,(H,16,17,18). The van der Waals surface area contributed by atoms with E-state index in [2.05, 4.69) is 39.3 Å². The molecule has 2 heterocycles. The van der Waals surface area contributed by atoms with Crippen LogP contribution in [-0.4, -0.2) is 46.0 Å². The van der Waals surface area contributed by atoms with Crippen LogP contribution in [0, 0.1) is 0 Å². The van der Waals surface area contributed by atoms with Crippen molar-refractivity contribution in [2.75, 3.05) is 26.0 Å². The Balaban J connectivity index is 1.75. The highest BCUT2D eigenvalue weighted by Gasteiger charge is 2.38. The second-order valence-electron chi connectivity index (χ2n) is 5.42. The number of aromatic nitrogens is 3. The minimum atomic E-state index is 0.291. The SMILES string of the molecule is CN(C)C1(CNc2ccc3nccnc3n2)CCC1. The molecule has 100 valence electrons. The van der Waals surface area contributed by atoms with Crippen LogP contribution in [-0.2, 0) is 0 Å². The molecule has 0 aliphatic heterocycles. The van der Waals surface area contributed by atoms with E-state index in [-0.39, 0.29) is 0 Å². The van der Waals surface area contributed by atoms with Crippen LogP contribution in [0.4, 0.5) is 5.82 Å². The van der Waals surface area contributed by atoms with E-state index in [1.807, 2.05) is 12.1 Å². The van der Waals surface area contributed by atoms with Crippen LogP contribution in [0.25, 0.3) is 11.2 Å². The van der Waals surface area contributed by atoms with Crippen LogP contribution in [0.3, 0.4) is 0 Å². The molecule has 1 aliphatic rings. The van der Waals surface area contributed by atoms with Crippen LogP contribution in [0.2, 0.25) is 0 Å². The van der Waals surface area contributed by atoms with Gasteiger partial charge < -0.3 is 10.2 Å². The van der Waals surface area contributed by atoms with Gasteiger partial charge in [-0.25, -0.2) is 9.97 Å². The Kier molecular flexibility index (Phi) is 3.06. The molecule has 3 rings (SSSR count). The molecule has 0 radical (unpaired) electrons. The maximum Gasteiger partial charge on any atom is 0.180 e. The van der Waals surface area contributed by atoms with Crippen LogP contribution in [0.1, 0.15) is 19.3 Å². The lowest BCUT2D eigenvalue weighted by Crippen LogP contribution is -2.54. The van der Waals surface area contributed by atoms with Crippen LogP contribution >= 0.6 is 0 Å². The van der Waals surface area contributed by atoms with E-state index in [4.69, 9.17) is 0 Å². The van der Waals surface area contributed by atoms with Crippen molar-refractivity contribution in [3.63, 3.8) is 0 Å². The molecule has 2 aromatic rings. The maximum atomic E-state index is 4.49. The predicted molar refractivity (Wildman–Crippen MR) is 76.1 cm³/mol. The molecular formula is C14H19N5. The molecule has 0 unspecified atom stereocenters. The topological polar surface area (TPSA) is 53.9 Å². The van der Waals surface area contributed by atoms with Gasteiger partial charge in [0.05, 0.1) is 0 Å². The van der Waals surface area contributed by atoms with Gasteiger partial charge in [0, 0.05) is 24.5 Å². The summed E-state index contributed by atoms with van der Waals surface area (Å²) in [6.07, 6.45) is 7.18. The second kappa shape index (κ2) is 4.74. The summed E-state index contributed by atoms with van der Waals surface area (Å²) >= 11 is 0. The molecule has 1 saturated carbocycles. The number of fused-ring (bicyclic) bond motifs is 1. The van der Waals surface area contributed by atoms with E-state index in [0.29, 0.717) is 11.2 Å². The van der Waals surface area contributed by atoms with Crippen LogP contribution in [0.15, 0.2) is 24.5 Å². The molecule has 0 amide bonds. The maximum absolute atomic E-state index is 4.49. The fourth-order valence-corrected chi connectivity index (χ4v) is 2.57. The van der Waals surface area contributed by atoms with Crippen molar-refractivity contribution < 1.29 is 0 Å². The van der Waals surface area contributed by atoms with Gasteiger partial charge in [0.2, 0.25) is 0 Å². The predicted octanol–water partition coefficient (Wildman–Crippen LogP) is 1.92. The number of likely N-dealkylation sites (N-methyl/N-ethyl adjacent to an activating group) is 1. The highest BCUT2D eigenvalue weighted by molar-refractivity contribution is 5.71. The largest absolute Gasteiger partial charge is 0.368 e. The molecule has 5 nitrogen and oxygen atoms in total. The molecule has 5 heteroatoms. The van der Waals surface area contributed by atoms with Crippen molar-refractivity contribution in [2.45, 2.75) is 24.8 Å². The van der Waals surface area contributed by atoms with Gasteiger partial charge in [0.25, 0.3) is 0 Å². The molecule has 1 fully saturated rings. The first kappa shape index (κ1) is 12.3. The third kappa shape index (κ3) is 2.26. The number of nitrogens with one attached hydrogen (secondary N) is 1. The minimum Gasteiger partial charge on any atom is -0.368 e. The molecule has 1 N–H and O–H groups in total. The smallest absolute Gasteiger partial charge is 0.180 e. The van der Waals surface area contributed by atoms with Gasteiger partial charge in [0.1, 0.15) is 11.3 Å². The van der Waals surface area contributed by atoms with Crippen molar-refractivity contribution in [3.8, 4) is 0 Å². The highest BCUT2D eigenvalue weighted by Crippen LogP contribution is 2.36. The van der Waals surface area contributed by atoms with Crippen molar-refractivity contribution in [2.24, 2.45) is 0 Å². The first-order valence-corrected chi connectivity index (χ1v) is 6.69. The van der Waals surface area contributed by atoms with Gasteiger partial charge >= 0.3 is 0 Å². The Bertz CT molecular complexity index is 577. The van der Waals surface area contributed by atoms with Crippen LogP contribution < -0.4 is 5.32 Å². The number of pyridine rings is 1. The van der Waals surface area contributed by atoms with Crippen molar-refractivity contribution >= 4 is 17.0 Å². The molecule has 0 atom stereocenters. The quantitative estimate of drug-likeness (QED) is 0.907. The number of nitrogens with zero attached hydrogens (tertiary/aromatic N) is 4. The summed E-state index contributed by atoms with van der Waals surface area (Å²) in [6, 6.07) is 3.93. The van der Waals surface area contributed by atoms with Gasteiger partial charge in [-0.1, -0.05) is 0 Å². The lowest BCUT2D eigenvalue weighted by atomic mass is 9.75. The Morgan fingerprint density at radius 1 is 1.21 bits per heavy atom. The number of hydrogen-bond acceptors (Lipinski definition) is 5. The Labute approximate surface area is 113 Å². The molecular weight excluding hydrogens is 238 g/mol. The molecule has 0 bridgehead atoms. The monoisotopic (exact) mass is 257 g/mol. The Morgan fingerprint density at radius 3 is 2.68 bits per heavy atom. The van der Waals surface area contributed by atoms with Crippen molar-refractivity contribution in [1.82, 2.24) is 19.9 Å². The number of rotatable bonds is 4. The van der Waals surface area contributed by atoms with Gasteiger partial charge in [-0.3, -0.25) is 4.98 Å². The minimum absolute atomic E-state index is 0.291. The van der Waals surface area contributed by atoms with Gasteiger partial charge in [-0.15, -0.1) is 0 Å². The van der Waals surface area contributed by atoms with Gasteiger partial charge in [-0.2, -0.15) is 0 Å². The van der Waals surface area contributed by atoms with E-state index < -0.39 is 0 Å². The van der Waals surface area contributed by atoms with Gasteiger partial charge in [0.15, 0.2) is 5.65 Å². The fourth-order valence-electron chi connectivity index (χ4n) is 2.57. The summed E-state index contributed by atoms with van der Waals surface area (Å²) in [7, 11) is 4.31. The lowest BCUT2D eigenvalue weighted by molar-refractivity contribution is 0.0738. The third-order valence-electron chi connectivity index (χ3n) is 4.16. The average molecular weight is 257 g/mol. The van der Waals surface area contributed by atoms with E-state index in [9.17, 15) is 0 Å². The first-order chi connectivity index (χ1) is 9.20. The number of anilines is 1. The zero-order chi connectivity index (χ0) is 13.3. The molecule has 2 aromatic heterocycles. The summed E-state index contributed by atoms with van der Waals surface area (Å²) in [5.74, 6) is 0.876. The molecule has 0 spiro atoms. The summed E-state index contributed by atoms with van der Waals surface area (Å²) < 4.78 is 0. The highest BCUT2D eigenvalue weighted by atomic mass is 15.2. The molecule has 19 heavy (non-hydrogen) atoms. The molecule has 1 aliphatic carbocycles.